The quantitative estimate of drug-likeness (QED) is 0.505. The molecule has 1 fully saturated rings. The number of nitrogens with zero attached hydrogens (tertiary/aromatic N) is 1. The second-order valence-electron chi connectivity index (χ2n) is 6.18. The molecule has 2 aromatic carbocycles. The molecule has 1 aliphatic heterocycles. The third-order valence-electron chi connectivity index (χ3n) is 4.30. The average molecular weight is 409 g/mol. The van der Waals surface area contributed by atoms with Crippen molar-refractivity contribution in [3.63, 3.8) is 0 Å². The Morgan fingerprint density at radius 2 is 1.83 bits per heavy atom. The van der Waals surface area contributed by atoms with E-state index in [9.17, 15) is 19.5 Å². The van der Waals surface area contributed by atoms with Crippen LogP contribution in [0.15, 0.2) is 70.7 Å². The van der Waals surface area contributed by atoms with Gasteiger partial charge in [0.25, 0.3) is 11.8 Å². The first-order chi connectivity index (χ1) is 13.9. The summed E-state index contributed by atoms with van der Waals surface area (Å²) in [7, 11) is 0. The summed E-state index contributed by atoms with van der Waals surface area (Å²) in [5, 5.41) is 10.5. The van der Waals surface area contributed by atoms with Crippen molar-refractivity contribution in [2.24, 2.45) is 0 Å². The number of nitrogens with one attached hydrogen (secondary N) is 1. The minimum atomic E-state index is -1.15. The van der Waals surface area contributed by atoms with Gasteiger partial charge in [-0.05, 0) is 48.5 Å². The third-order valence-corrected chi connectivity index (χ3v) is 4.63. The van der Waals surface area contributed by atoms with Crippen LogP contribution in [0, 0.1) is 0 Å². The summed E-state index contributed by atoms with van der Waals surface area (Å²) in [4.78, 5) is 36.1. The molecule has 4 rings (SSSR count). The highest BCUT2D eigenvalue weighted by Gasteiger charge is 2.34. The molecular formula is C21H13ClN2O5. The monoisotopic (exact) mass is 408 g/mol. The van der Waals surface area contributed by atoms with Crippen LogP contribution in [-0.2, 0) is 9.59 Å². The molecule has 0 bridgehead atoms. The van der Waals surface area contributed by atoms with Gasteiger partial charge in [-0.3, -0.25) is 15.0 Å². The van der Waals surface area contributed by atoms with Crippen molar-refractivity contribution in [1.29, 1.82) is 0 Å². The first kappa shape index (κ1) is 18.5. The molecular weight excluding hydrogens is 396 g/mol. The lowest BCUT2D eigenvalue weighted by Crippen LogP contribution is -2.35. The second kappa shape index (κ2) is 7.29. The van der Waals surface area contributed by atoms with Crippen molar-refractivity contribution in [2.45, 2.75) is 0 Å². The van der Waals surface area contributed by atoms with Gasteiger partial charge in [-0.1, -0.05) is 29.8 Å². The first-order valence-corrected chi connectivity index (χ1v) is 8.87. The van der Waals surface area contributed by atoms with E-state index in [0.717, 1.165) is 5.01 Å². The number of hydrogen-bond donors (Lipinski definition) is 2. The predicted octanol–water partition coefficient (Wildman–Crippen LogP) is 3.76. The summed E-state index contributed by atoms with van der Waals surface area (Å²) in [5.74, 6) is -1.54. The maximum absolute atomic E-state index is 12.6. The van der Waals surface area contributed by atoms with Gasteiger partial charge in [-0.2, -0.15) is 0 Å². The van der Waals surface area contributed by atoms with Crippen LogP contribution >= 0.6 is 11.6 Å². The van der Waals surface area contributed by atoms with Crippen molar-refractivity contribution in [3.05, 3.63) is 82.6 Å². The summed E-state index contributed by atoms with van der Waals surface area (Å²) in [6.45, 7) is 0. The van der Waals surface area contributed by atoms with Crippen LogP contribution in [0.3, 0.4) is 0 Å². The Hall–Kier alpha value is -3.84. The van der Waals surface area contributed by atoms with E-state index >= 15 is 0 Å². The van der Waals surface area contributed by atoms with Gasteiger partial charge in [0.2, 0.25) is 0 Å². The Balaban J connectivity index is 1.63. The lowest BCUT2D eigenvalue weighted by Gasteiger charge is -2.13. The van der Waals surface area contributed by atoms with Gasteiger partial charge in [0.1, 0.15) is 17.1 Å². The van der Waals surface area contributed by atoms with Gasteiger partial charge in [0, 0.05) is 5.56 Å². The molecule has 0 saturated carbocycles. The lowest BCUT2D eigenvalue weighted by atomic mass is 10.1. The SMILES string of the molecule is O=C1NN(c2ccccc2)C(=O)/C1=C/c1ccc(-c2ccc(Cl)c(C(=O)O)c2)o1. The Morgan fingerprint density at radius 1 is 1.07 bits per heavy atom. The highest BCUT2D eigenvalue weighted by atomic mass is 35.5. The Kier molecular flexibility index (Phi) is 4.66. The number of aromatic carboxylic acids is 1. The third kappa shape index (κ3) is 3.51. The smallest absolute Gasteiger partial charge is 0.337 e. The highest BCUT2D eigenvalue weighted by Crippen LogP contribution is 2.28. The summed E-state index contributed by atoms with van der Waals surface area (Å²) in [6.07, 6.45) is 1.35. The number of furan rings is 1. The predicted molar refractivity (Wildman–Crippen MR) is 106 cm³/mol. The van der Waals surface area contributed by atoms with E-state index in [1.165, 1.54) is 18.2 Å². The number of carboxylic acid groups (broad SMARTS) is 1. The van der Waals surface area contributed by atoms with Gasteiger partial charge in [0.15, 0.2) is 0 Å². The van der Waals surface area contributed by atoms with Crippen molar-refractivity contribution < 1.29 is 23.9 Å². The number of anilines is 1. The molecule has 0 spiro atoms. The molecule has 7 nitrogen and oxygen atoms in total. The fraction of sp³-hybridized carbons (Fsp3) is 0. The van der Waals surface area contributed by atoms with Crippen molar-refractivity contribution in [3.8, 4) is 11.3 Å². The Bertz CT molecular complexity index is 1170. The van der Waals surface area contributed by atoms with Crippen LogP contribution in [-0.4, -0.2) is 22.9 Å². The largest absolute Gasteiger partial charge is 0.478 e. The zero-order valence-corrected chi connectivity index (χ0v) is 15.5. The molecule has 0 aliphatic carbocycles. The minimum absolute atomic E-state index is 0.0516. The van der Waals surface area contributed by atoms with Crippen LogP contribution in [0.2, 0.25) is 5.02 Å². The number of para-hydroxylation sites is 1. The molecule has 8 heteroatoms. The van der Waals surface area contributed by atoms with Crippen molar-refractivity contribution in [1.82, 2.24) is 5.43 Å². The Morgan fingerprint density at radius 3 is 2.55 bits per heavy atom. The van der Waals surface area contributed by atoms with E-state index in [1.54, 1.807) is 48.5 Å². The number of carbonyl (C=O) groups excluding carboxylic acids is 2. The van der Waals surface area contributed by atoms with E-state index in [1.807, 2.05) is 0 Å². The minimum Gasteiger partial charge on any atom is -0.478 e. The highest BCUT2D eigenvalue weighted by molar-refractivity contribution is 6.33. The van der Waals surface area contributed by atoms with E-state index in [4.69, 9.17) is 16.0 Å². The molecule has 0 unspecified atom stereocenters. The summed E-state index contributed by atoms with van der Waals surface area (Å²) < 4.78 is 5.68. The fourth-order valence-corrected chi connectivity index (χ4v) is 3.08. The number of amides is 2. The Labute approximate surface area is 169 Å². The lowest BCUT2D eigenvalue weighted by molar-refractivity contribution is -0.117. The molecule has 1 aromatic heterocycles. The molecule has 2 amide bonds. The number of hydrogen-bond acceptors (Lipinski definition) is 4. The van der Waals surface area contributed by atoms with Gasteiger partial charge in [-0.15, -0.1) is 0 Å². The first-order valence-electron chi connectivity index (χ1n) is 8.49. The normalized spacial score (nSPS) is 15.1. The molecule has 0 radical (unpaired) electrons. The molecule has 0 atom stereocenters. The number of halogens is 1. The maximum Gasteiger partial charge on any atom is 0.337 e. The maximum atomic E-state index is 12.6. The number of rotatable bonds is 4. The molecule has 1 aliphatic rings. The zero-order valence-electron chi connectivity index (χ0n) is 14.8. The zero-order chi connectivity index (χ0) is 20.5. The van der Waals surface area contributed by atoms with E-state index in [-0.39, 0.29) is 21.9 Å². The molecule has 3 aromatic rings. The summed E-state index contributed by atoms with van der Waals surface area (Å²) in [5.41, 5.74) is 3.43. The van der Waals surface area contributed by atoms with Gasteiger partial charge in [0.05, 0.1) is 16.3 Å². The van der Waals surface area contributed by atoms with Crippen molar-refractivity contribution >= 4 is 41.1 Å². The van der Waals surface area contributed by atoms with E-state index in [0.29, 0.717) is 17.0 Å². The molecule has 144 valence electrons. The van der Waals surface area contributed by atoms with Crippen molar-refractivity contribution in [2.75, 3.05) is 5.01 Å². The van der Waals surface area contributed by atoms with Crippen LogP contribution in [0.5, 0.6) is 0 Å². The molecule has 29 heavy (non-hydrogen) atoms. The fourth-order valence-electron chi connectivity index (χ4n) is 2.89. The van der Waals surface area contributed by atoms with Crippen LogP contribution < -0.4 is 10.4 Å². The standard InChI is InChI=1S/C21H13ClN2O5/c22-17-8-6-12(10-15(17)21(27)28)18-9-7-14(29-18)11-16-19(25)23-24(20(16)26)13-4-2-1-3-5-13/h1-11H,(H,23,25)(H,27,28)/b16-11+. The molecule has 1 saturated heterocycles. The van der Waals surface area contributed by atoms with Crippen LogP contribution in [0.1, 0.15) is 16.1 Å². The van der Waals surface area contributed by atoms with Crippen LogP contribution in [0.25, 0.3) is 17.4 Å². The molecule has 2 heterocycles. The average Bonchev–Trinajstić information content (AvgIpc) is 3.29. The number of carbonyl (C=O) groups is 3. The van der Waals surface area contributed by atoms with Gasteiger partial charge in [-0.25, -0.2) is 9.80 Å². The summed E-state index contributed by atoms with van der Waals surface area (Å²) >= 11 is 5.89. The van der Waals surface area contributed by atoms with Gasteiger partial charge >= 0.3 is 5.97 Å². The van der Waals surface area contributed by atoms with Gasteiger partial charge < -0.3 is 9.52 Å². The number of benzene rings is 2. The van der Waals surface area contributed by atoms with E-state index in [2.05, 4.69) is 5.43 Å². The summed E-state index contributed by atoms with van der Waals surface area (Å²) in [6, 6.07) is 16.4. The van der Waals surface area contributed by atoms with Crippen LogP contribution in [0.4, 0.5) is 5.69 Å². The second-order valence-corrected chi connectivity index (χ2v) is 6.58. The number of hydrazine groups is 1. The topological polar surface area (TPSA) is 99.9 Å². The van der Waals surface area contributed by atoms with E-state index < -0.39 is 17.8 Å². The molecule has 2 N–H and O–H groups in total. The number of carboxylic acids is 1.